The summed E-state index contributed by atoms with van der Waals surface area (Å²) in [5.41, 5.74) is 23.6. The van der Waals surface area contributed by atoms with E-state index in [9.17, 15) is 0 Å². The van der Waals surface area contributed by atoms with Gasteiger partial charge >= 0.3 is 0 Å². The molecule has 66 heavy (non-hydrogen) atoms. The number of furan rings is 1. The zero-order valence-electron chi connectivity index (χ0n) is 40.9. The van der Waals surface area contributed by atoms with Gasteiger partial charge in [-0.15, -0.1) is 0 Å². The maximum absolute atomic E-state index is 6.33. The molecule has 2 aliphatic carbocycles. The van der Waals surface area contributed by atoms with Gasteiger partial charge in [0.25, 0.3) is 6.71 Å². The number of para-hydroxylation sites is 1. The number of nitrogens with zero attached hydrogens (tertiary/aromatic N) is 2. The first-order valence-electron chi connectivity index (χ1n) is 24.5. The Morgan fingerprint density at radius 2 is 1.03 bits per heavy atom. The molecule has 3 nitrogen and oxygen atoms in total. The SMILES string of the molecule is CC(C)(C)c1ccc2c(c1)B1c3cc4c(cc3N(c3ccc5c(c3)C(C)(C)CCC5(C)C)c3cccc(c31)N2c1ccc(-c2cccc3oc5ccccc5c23)cc1)C(C)(C)CCC4(C)C. The van der Waals surface area contributed by atoms with Crippen LogP contribution in [0.1, 0.15) is 130 Å². The van der Waals surface area contributed by atoms with E-state index in [1.54, 1.807) is 0 Å². The molecule has 0 saturated heterocycles. The average Bonchev–Trinajstić information content (AvgIpc) is 3.68. The molecule has 0 bridgehead atoms. The van der Waals surface area contributed by atoms with Gasteiger partial charge < -0.3 is 14.2 Å². The molecule has 0 spiro atoms. The highest BCUT2D eigenvalue weighted by molar-refractivity contribution is 7.00. The third-order valence-electron chi connectivity index (χ3n) is 16.8. The van der Waals surface area contributed by atoms with Crippen molar-refractivity contribution in [3.8, 4) is 11.1 Å². The molecule has 12 rings (SSSR count). The van der Waals surface area contributed by atoms with E-state index in [4.69, 9.17) is 4.42 Å². The fourth-order valence-corrected chi connectivity index (χ4v) is 12.5. The smallest absolute Gasteiger partial charge is 0.252 e. The van der Waals surface area contributed by atoms with Crippen molar-refractivity contribution in [1.29, 1.82) is 0 Å². The third kappa shape index (κ3) is 6.02. The van der Waals surface area contributed by atoms with Crippen molar-refractivity contribution in [2.24, 2.45) is 0 Å². The van der Waals surface area contributed by atoms with E-state index < -0.39 is 0 Å². The van der Waals surface area contributed by atoms with Crippen molar-refractivity contribution in [3.05, 3.63) is 161 Å². The lowest BCUT2D eigenvalue weighted by Crippen LogP contribution is -2.62. The van der Waals surface area contributed by atoms with Crippen LogP contribution in [0.15, 0.2) is 138 Å². The molecule has 8 aromatic rings. The fourth-order valence-electron chi connectivity index (χ4n) is 12.5. The summed E-state index contributed by atoms with van der Waals surface area (Å²) in [6.45, 7) is 26.8. The van der Waals surface area contributed by atoms with Crippen molar-refractivity contribution < 1.29 is 4.42 Å². The average molecular weight is 863 g/mol. The highest BCUT2D eigenvalue weighted by Crippen LogP contribution is 2.53. The Morgan fingerprint density at radius 3 is 1.71 bits per heavy atom. The van der Waals surface area contributed by atoms with Crippen molar-refractivity contribution in [2.75, 3.05) is 9.80 Å². The van der Waals surface area contributed by atoms with E-state index >= 15 is 0 Å². The Kier molecular flexibility index (Phi) is 8.65. The molecule has 1 aromatic heterocycles. The number of hydrogen-bond acceptors (Lipinski definition) is 3. The molecule has 3 heterocycles. The van der Waals surface area contributed by atoms with Crippen LogP contribution in [-0.4, -0.2) is 6.71 Å². The first kappa shape index (κ1) is 41.4. The molecule has 330 valence electrons. The van der Waals surface area contributed by atoms with Gasteiger partial charge in [-0.05, 0) is 169 Å². The van der Waals surface area contributed by atoms with Crippen LogP contribution in [0.2, 0.25) is 0 Å². The van der Waals surface area contributed by atoms with E-state index in [0.29, 0.717) is 0 Å². The topological polar surface area (TPSA) is 19.6 Å². The van der Waals surface area contributed by atoms with Gasteiger partial charge in [0.1, 0.15) is 11.2 Å². The normalized spacial score (nSPS) is 18.4. The van der Waals surface area contributed by atoms with Gasteiger partial charge in [-0.1, -0.05) is 149 Å². The lowest BCUT2D eigenvalue weighted by Gasteiger charge is -2.48. The van der Waals surface area contributed by atoms with Crippen LogP contribution in [0.4, 0.5) is 34.1 Å². The Bertz CT molecular complexity index is 3320. The van der Waals surface area contributed by atoms with Gasteiger partial charge in [0.2, 0.25) is 0 Å². The van der Waals surface area contributed by atoms with Crippen LogP contribution >= 0.6 is 0 Å². The first-order chi connectivity index (χ1) is 31.3. The number of rotatable bonds is 3. The highest BCUT2D eigenvalue weighted by Gasteiger charge is 2.47. The van der Waals surface area contributed by atoms with Gasteiger partial charge in [0.05, 0.1) is 0 Å². The van der Waals surface area contributed by atoms with E-state index in [2.05, 4.69) is 213 Å². The van der Waals surface area contributed by atoms with Gasteiger partial charge in [-0.25, -0.2) is 0 Å². The standard InChI is InChI=1S/C62H63BN2O/c1-58(2,3)39-24-29-50-48(34-39)63-49-36-46-47(62(10,11)33-32-61(46,8)9)37-53(49)65(41-27-28-44-45(35-41)60(6,7)31-30-59(44,4)5)52-19-15-18-51(57(52)63)64(50)40-25-22-38(23-26-40)42-17-14-21-55-56(42)43-16-12-13-20-54(43)66-55/h12-29,34-37H,30-33H2,1-11H3. The van der Waals surface area contributed by atoms with Gasteiger partial charge in [-0.3, -0.25) is 0 Å². The van der Waals surface area contributed by atoms with Crippen LogP contribution in [-0.2, 0) is 27.1 Å². The molecule has 2 aliphatic heterocycles. The minimum atomic E-state index is -0.0192. The second-order valence-corrected chi connectivity index (χ2v) is 23.9. The first-order valence-corrected chi connectivity index (χ1v) is 24.5. The molecule has 4 heteroatoms. The summed E-state index contributed by atoms with van der Waals surface area (Å²) in [4.78, 5) is 5.22. The van der Waals surface area contributed by atoms with Crippen molar-refractivity contribution >= 4 is 79.2 Å². The van der Waals surface area contributed by atoms with Gasteiger partial charge in [-0.2, -0.15) is 0 Å². The summed E-state index contributed by atoms with van der Waals surface area (Å²) >= 11 is 0. The highest BCUT2D eigenvalue weighted by atomic mass is 16.3. The predicted octanol–water partition coefficient (Wildman–Crippen LogP) is 15.3. The van der Waals surface area contributed by atoms with Crippen molar-refractivity contribution in [2.45, 2.75) is 129 Å². The van der Waals surface area contributed by atoms with E-state index in [-0.39, 0.29) is 33.8 Å². The maximum atomic E-state index is 6.33. The van der Waals surface area contributed by atoms with Crippen LogP contribution < -0.4 is 26.2 Å². The Balaban J connectivity index is 1.11. The summed E-state index contributed by atoms with van der Waals surface area (Å²) in [7, 11) is 0. The molecule has 0 N–H and O–H groups in total. The van der Waals surface area contributed by atoms with Crippen LogP contribution in [0.25, 0.3) is 33.1 Å². The Hall–Kier alpha value is -6.00. The monoisotopic (exact) mass is 863 g/mol. The van der Waals surface area contributed by atoms with Crippen molar-refractivity contribution in [3.63, 3.8) is 0 Å². The maximum Gasteiger partial charge on any atom is 0.252 e. The molecule has 7 aromatic carbocycles. The molecule has 4 aliphatic rings. The van der Waals surface area contributed by atoms with E-state index in [0.717, 1.165) is 22.2 Å². The molecule has 0 radical (unpaired) electrons. The third-order valence-corrected chi connectivity index (χ3v) is 16.8. The lowest BCUT2D eigenvalue weighted by atomic mass is 9.33. The fraction of sp³-hybridized carbons (Fsp3) is 0.323. The molecule has 0 atom stereocenters. The Labute approximate surface area is 392 Å². The summed E-state index contributed by atoms with van der Waals surface area (Å²) < 4.78 is 6.33. The number of hydrogen-bond donors (Lipinski definition) is 0. The lowest BCUT2D eigenvalue weighted by molar-refractivity contribution is 0.332. The molecular formula is C62H63BN2O. The Morgan fingerprint density at radius 1 is 0.470 bits per heavy atom. The van der Waals surface area contributed by atoms with Crippen LogP contribution in [0.3, 0.4) is 0 Å². The molecule has 0 amide bonds. The molecule has 0 saturated carbocycles. The quantitative estimate of drug-likeness (QED) is 0.165. The number of anilines is 6. The second-order valence-electron chi connectivity index (χ2n) is 23.9. The zero-order chi connectivity index (χ0) is 45.9. The van der Waals surface area contributed by atoms with Crippen molar-refractivity contribution in [1.82, 2.24) is 0 Å². The summed E-state index contributed by atoms with van der Waals surface area (Å²) in [5, 5.41) is 2.32. The van der Waals surface area contributed by atoms with E-state index in [1.807, 2.05) is 6.07 Å². The van der Waals surface area contributed by atoms with Crippen LogP contribution in [0, 0.1) is 0 Å². The van der Waals surface area contributed by atoms with Gasteiger partial charge in [0, 0.05) is 44.9 Å². The van der Waals surface area contributed by atoms with E-state index in [1.165, 1.54) is 115 Å². The van der Waals surface area contributed by atoms with Gasteiger partial charge in [0.15, 0.2) is 0 Å². The summed E-state index contributed by atoms with van der Waals surface area (Å²) in [6.07, 6.45) is 4.74. The minimum absolute atomic E-state index is 0.0192. The molecule has 0 fully saturated rings. The molecular weight excluding hydrogens is 800 g/mol. The number of fused-ring (bicyclic) bond motifs is 9. The minimum Gasteiger partial charge on any atom is -0.456 e. The predicted molar refractivity (Wildman–Crippen MR) is 282 cm³/mol. The van der Waals surface area contributed by atoms with Crippen LogP contribution in [0.5, 0.6) is 0 Å². The number of benzene rings is 7. The largest absolute Gasteiger partial charge is 0.456 e. The molecule has 0 unspecified atom stereocenters. The summed E-state index contributed by atoms with van der Waals surface area (Å²) in [5.74, 6) is 0. The summed E-state index contributed by atoms with van der Waals surface area (Å²) in [6, 6.07) is 51.4. The zero-order valence-corrected chi connectivity index (χ0v) is 40.9. The second kappa shape index (κ2) is 13.8.